The van der Waals surface area contributed by atoms with Crippen LogP contribution in [0.2, 0.25) is 0 Å². The number of nitrogens with zero attached hydrogens (tertiary/aromatic N) is 2. The van der Waals surface area contributed by atoms with Gasteiger partial charge in [-0.25, -0.2) is 9.97 Å². The molecule has 0 fully saturated rings. The van der Waals surface area contributed by atoms with Crippen molar-refractivity contribution in [2.45, 2.75) is 20.3 Å². The summed E-state index contributed by atoms with van der Waals surface area (Å²) < 4.78 is 5.30. The summed E-state index contributed by atoms with van der Waals surface area (Å²) in [6.45, 7) is 4.10. The number of aryl methyl sites for hydroxylation is 2. The third-order valence-electron chi connectivity index (χ3n) is 2.93. The molecule has 0 unspecified atom stereocenters. The van der Waals surface area contributed by atoms with Crippen LogP contribution in [0, 0.1) is 13.8 Å². The predicted molar refractivity (Wildman–Crippen MR) is 71.7 cm³/mol. The number of hydrogen-bond donors (Lipinski definition) is 1. The first-order valence-electron chi connectivity index (χ1n) is 5.80. The minimum atomic E-state index is 0.585. The monoisotopic (exact) mass is 243 g/mol. The molecule has 2 N–H and O–H groups in total. The minimum Gasteiger partial charge on any atom is -0.496 e. The number of benzene rings is 1. The molecule has 94 valence electrons. The summed E-state index contributed by atoms with van der Waals surface area (Å²) >= 11 is 0. The number of hydrogen-bond acceptors (Lipinski definition) is 4. The molecule has 0 aliphatic carbocycles. The molecule has 4 heteroatoms. The van der Waals surface area contributed by atoms with Gasteiger partial charge in [-0.3, -0.25) is 0 Å². The van der Waals surface area contributed by atoms with Gasteiger partial charge in [0.25, 0.3) is 0 Å². The van der Waals surface area contributed by atoms with Gasteiger partial charge in [-0.2, -0.15) is 0 Å². The van der Waals surface area contributed by atoms with E-state index in [4.69, 9.17) is 10.5 Å². The molecular formula is C14H17N3O. The van der Waals surface area contributed by atoms with Crippen molar-refractivity contribution in [1.29, 1.82) is 0 Å². The van der Waals surface area contributed by atoms with Gasteiger partial charge in [0, 0.05) is 6.42 Å². The summed E-state index contributed by atoms with van der Waals surface area (Å²) in [5, 5.41) is 0. The second kappa shape index (κ2) is 5.04. The van der Waals surface area contributed by atoms with Crippen molar-refractivity contribution >= 4 is 5.69 Å². The number of ether oxygens (including phenoxy) is 1. The lowest BCUT2D eigenvalue weighted by atomic mass is 10.0. The van der Waals surface area contributed by atoms with Crippen LogP contribution in [0.5, 0.6) is 5.75 Å². The molecule has 0 saturated carbocycles. The van der Waals surface area contributed by atoms with E-state index < -0.39 is 0 Å². The Morgan fingerprint density at radius 2 is 1.78 bits per heavy atom. The topological polar surface area (TPSA) is 61.0 Å². The molecule has 1 heterocycles. The van der Waals surface area contributed by atoms with Crippen molar-refractivity contribution in [1.82, 2.24) is 9.97 Å². The lowest BCUT2D eigenvalue weighted by Gasteiger charge is -2.10. The van der Waals surface area contributed by atoms with Crippen molar-refractivity contribution in [2.75, 3.05) is 12.8 Å². The number of anilines is 1. The van der Waals surface area contributed by atoms with E-state index in [1.54, 1.807) is 19.5 Å². The first-order valence-corrected chi connectivity index (χ1v) is 5.80. The van der Waals surface area contributed by atoms with Crippen LogP contribution in [0.3, 0.4) is 0 Å². The SMILES string of the molecule is COc1cc(C)c(Cc2ncc(N)cn2)cc1C. The summed E-state index contributed by atoms with van der Waals surface area (Å²) in [6, 6.07) is 4.16. The maximum atomic E-state index is 5.57. The highest BCUT2D eigenvalue weighted by Gasteiger charge is 2.07. The highest BCUT2D eigenvalue weighted by molar-refractivity contribution is 5.42. The molecule has 0 atom stereocenters. The Balaban J connectivity index is 2.29. The molecule has 4 nitrogen and oxygen atoms in total. The minimum absolute atomic E-state index is 0.585. The zero-order valence-corrected chi connectivity index (χ0v) is 10.9. The van der Waals surface area contributed by atoms with Crippen LogP contribution in [-0.4, -0.2) is 17.1 Å². The molecule has 0 amide bonds. The molecule has 0 radical (unpaired) electrons. The van der Waals surface area contributed by atoms with Crippen molar-refractivity contribution in [3.05, 3.63) is 47.0 Å². The molecule has 0 aliphatic heterocycles. The molecule has 2 rings (SSSR count). The van der Waals surface area contributed by atoms with Crippen molar-refractivity contribution in [2.24, 2.45) is 0 Å². The van der Waals surface area contributed by atoms with Gasteiger partial charge in [0.1, 0.15) is 11.6 Å². The molecule has 0 aliphatic rings. The van der Waals surface area contributed by atoms with E-state index in [1.165, 1.54) is 11.1 Å². The Bertz CT molecular complexity index is 550. The molecule has 0 spiro atoms. The molecule has 2 aromatic rings. The Kier molecular flexibility index (Phi) is 3.46. The lowest BCUT2D eigenvalue weighted by molar-refractivity contribution is 0.411. The summed E-state index contributed by atoms with van der Waals surface area (Å²) in [5.74, 6) is 1.69. The summed E-state index contributed by atoms with van der Waals surface area (Å²) in [5.41, 5.74) is 9.66. The van der Waals surface area contributed by atoms with E-state index in [9.17, 15) is 0 Å². The average molecular weight is 243 g/mol. The molecular weight excluding hydrogens is 226 g/mol. The number of nitrogens with two attached hydrogens (primary N) is 1. The molecule has 1 aromatic heterocycles. The molecule has 0 bridgehead atoms. The van der Waals surface area contributed by atoms with Crippen LogP contribution in [0.4, 0.5) is 5.69 Å². The van der Waals surface area contributed by atoms with Gasteiger partial charge in [-0.1, -0.05) is 6.07 Å². The standard InChI is InChI=1S/C14H17N3O/c1-9-5-13(18-3)10(2)4-11(9)6-14-16-7-12(15)8-17-14/h4-5,7-8H,6,15H2,1-3H3. The van der Waals surface area contributed by atoms with Crippen LogP contribution in [0.1, 0.15) is 22.5 Å². The maximum Gasteiger partial charge on any atom is 0.132 e. The van der Waals surface area contributed by atoms with Gasteiger partial charge in [0.2, 0.25) is 0 Å². The fourth-order valence-electron chi connectivity index (χ4n) is 1.89. The summed E-state index contributed by atoms with van der Waals surface area (Å²) in [6.07, 6.45) is 3.97. The van der Waals surface area contributed by atoms with Gasteiger partial charge in [-0.05, 0) is 36.6 Å². The van der Waals surface area contributed by atoms with Crippen LogP contribution in [0.15, 0.2) is 24.5 Å². The van der Waals surface area contributed by atoms with E-state index in [0.29, 0.717) is 12.1 Å². The van der Waals surface area contributed by atoms with Crippen LogP contribution < -0.4 is 10.5 Å². The maximum absolute atomic E-state index is 5.57. The van der Waals surface area contributed by atoms with Crippen molar-refractivity contribution in [3.8, 4) is 5.75 Å². The molecule has 0 saturated heterocycles. The van der Waals surface area contributed by atoms with Crippen molar-refractivity contribution < 1.29 is 4.74 Å². The van der Waals surface area contributed by atoms with Crippen LogP contribution in [-0.2, 0) is 6.42 Å². The fourth-order valence-corrected chi connectivity index (χ4v) is 1.89. The quantitative estimate of drug-likeness (QED) is 0.898. The largest absolute Gasteiger partial charge is 0.496 e. The normalized spacial score (nSPS) is 10.4. The number of aromatic nitrogens is 2. The molecule has 1 aromatic carbocycles. The van der Waals surface area contributed by atoms with Crippen LogP contribution >= 0.6 is 0 Å². The Morgan fingerprint density at radius 1 is 1.11 bits per heavy atom. The highest BCUT2D eigenvalue weighted by Crippen LogP contribution is 2.23. The average Bonchev–Trinajstić information content (AvgIpc) is 2.36. The second-order valence-electron chi connectivity index (χ2n) is 4.36. The van der Waals surface area contributed by atoms with Gasteiger partial charge in [-0.15, -0.1) is 0 Å². The molecule has 18 heavy (non-hydrogen) atoms. The van der Waals surface area contributed by atoms with E-state index in [-0.39, 0.29) is 0 Å². The number of nitrogen functional groups attached to an aromatic ring is 1. The van der Waals surface area contributed by atoms with Gasteiger partial charge in [0.05, 0.1) is 25.2 Å². The predicted octanol–water partition coefficient (Wildman–Crippen LogP) is 2.28. The first-order chi connectivity index (χ1) is 8.60. The first kappa shape index (κ1) is 12.4. The summed E-state index contributed by atoms with van der Waals surface area (Å²) in [4.78, 5) is 8.44. The van der Waals surface area contributed by atoms with Crippen molar-refractivity contribution in [3.63, 3.8) is 0 Å². The van der Waals surface area contributed by atoms with E-state index >= 15 is 0 Å². The third kappa shape index (κ3) is 2.59. The third-order valence-corrected chi connectivity index (χ3v) is 2.93. The van der Waals surface area contributed by atoms with E-state index in [1.807, 2.05) is 13.0 Å². The Hall–Kier alpha value is -2.10. The number of rotatable bonds is 3. The van der Waals surface area contributed by atoms with E-state index in [2.05, 4.69) is 23.0 Å². The lowest BCUT2D eigenvalue weighted by Crippen LogP contribution is -2.00. The Morgan fingerprint density at radius 3 is 2.39 bits per heavy atom. The zero-order chi connectivity index (χ0) is 13.1. The zero-order valence-electron chi connectivity index (χ0n) is 10.9. The Labute approximate surface area is 107 Å². The smallest absolute Gasteiger partial charge is 0.132 e. The van der Waals surface area contributed by atoms with Crippen LogP contribution in [0.25, 0.3) is 0 Å². The highest BCUT2D eigenvalue weighted by atomic mass is 16.5. The van der Waals surface area contributed by atoms with Gasteiger partial charge >= 0.3 is 0 Å². The van der Waals surface area contributed by atoms with E-state index in [0.717, 1.165) is 17.1 Å². The van der Waals surface area contributed by atoms with Gasteiger partial charge < -0.3 is 10.5 Å². The number of methoxy groups -OCH3 is 1. The van der Waals surface area contributed by atoms with Gasteiger partial charge in [0.15, 0.2) is 0 Å². The second-order valence-corrected chi connectivity index (χ2v) is 4.36. The fraction of sp³-hybridized carbons (Fsp3) is 0.286. The summed E-state index contributed by atoms with van der Waals surface area (Å²) in [7, 11) is 1.69.